The Morgan fingerprint density at radius 2 is 2.00 bits per heavy atom. The van der Waals surface area contributed by atoms with Gasteiger partial charge in [-0.25, -0.2) is 4.98 Å². The van der Waals surface area contributed by atoms with E-state index in [9.17, 15) is 0 Å². The molecule has 0 saturated heterocycles. The van der Waals surface area contributed by atoms with Gasteiger partial charge in [0.05, 0.1) is 18.9 Å². The van der Waals surface area contributed by atoms with E-state index in [0.29, 0.717) is 19.8 Å². The molecule has 0 bridgehead atoms. The summed E-state index contributed by atoms with van der Waals surface area (Å²) < 4.78 is 15.8. The van der Waals surface area contributed by atoms with Gasteiger partial charge < -0.3 is 19.4 Å². The van der Waals surface area contributed by atoms with E-state index in [1.165, 1.54) is 5.69 Å². The quantitative estimate of drug-likeness (QED) is 0.772. The van der Waals surface area contributed by atoms with Crippen molar-refractivity contribution >= 4 is 0 Å². The van der Waals surface area contributed by atoms with Crippen LogP contribution in [0.1, 0.15) is 24.1 Å². The normalized spacial score (nSPS) is 16.4. The molecule has 5 rings (SSSR count). The van der Waals surface area contributed by atoms with Crippen LogP contribution in [0.25, 0.3) is 11.5 Å². The molecule has 2 aromatic heterocycles. The summed E-state index contributed by atoms with van der Waals surface area (Å²) in [7, 11) is 0. The smallest absolute Gasteiger partial charge is 0.161 e. The number of imidazole rings is 1. The Kier molecular flexibility index (Phi) is 4.29. The molecule has 0 amide bonds. The molecule has 0 fully saturated rings. The number of hydrogen-bond donors (Lipinski definition) is 1. The predicted octanol–water partition coefficient (Wildman–Crippen LogP) is 2.45. The van der Waals surface area contributed by atoms with Crippen molar-refractivity contribution < 1.29 is 9.47 Å². The van der Waals surface area contributed by atoms with Crippen LogP contribution in [-0.2, 0) is 19.6 Å². The first-order valence-corrected chi connectivity index (χ1v) is 9.54. The molecule has 0 atom stereocenters. The minimum atomic E-state index is 0.695. The molecule has 3 aromatic rings. The molecule has 0 aliphatic carbocycles. The van der Waals surface area contributed by atoms with Crippen molar-refractivity contribution in [1.82, 2.24) is 24.6 Å². The van der Waals surface area contributed by atoms with Crippen LogP contribution in [0.3, 0.4) is 0 Å². The number of nitrogens with zero attached hydrogens (tertiary/aromatic N) is 4. The monoisotopic (exact) mass is 365 g/mol. The Hall–Kier alpha value is -2.80. The number of benzene rings is 1. The molecule has 4 heterocycles. The van der Waals surface area contributed by atoms with Crippen molar-refractivity contribution in [3.63, 3.8) is 0 Å². The van der Waals surface area contributed by atoms with Gasteiger partial charge in [-0.2, -0.15) is 5.10 Å². The van der Waals surface area contributed by atoms with E-state index in [4.69, 9.17) is 14.6 Å². The number of rotatable bonds is 3. The van der Waals surface area contributed by atoms with Crippen LogP contribution >= 0.6 is 0 Å². The van der Waals surface area contributed by atoms with Crippen LogP contribution in [0.2, 0.25) is 0 Å². The number of ether oxygens (including phenoxy) is 2. The van der Waals surface area contributed by atoms with Gasteiger partial charge in [0.2, 0.25) is 0 Å². The van der Waals surface area contributed by atoms with Crippen molar-refractivity contribution in [3.8, 4) is 23.0 Å². The molecule has 0 spiro atoms. The number of aryl methyl sites for hydroxylation is 1. The fourth-order valence-electron chi connectivity index (χ4n) is 3.64. The molecule has 0 unspecified atom stereocenters. The third-order valence-corrected chi connectivity index (χ3v) is 5.00. The highest BCUT2D eigenvalue weighted by Crippen LogP contribution is 2.31. The van der Waals surface area contributed by atoms with Gasteiger partial charge in [0.25, 0.3) is 0 Å². The van der Waals surface area contributed by atoms with Crippen molar-refractivity contribution in [2.45, 2.75) is 32.5 Å². The number of nitrogens with one attached hydrogen (secondary N) is 1. The van der Waals surface area contributed by atoms with Gasteiger partial charge >= 0.3 is 0 Å². The second-order valence-corrected chi connectivity index (χ2v) is 6.98. The zero-order valence-electron chi connectivity index (χ0n) is 15.2. The molecule has 1 N–H and O–H groups in total. The van der Waals surface area contributed by atoms with E-state index in [2.05, 4.69) is 37.7 Å². The standard InChI is InChI=1S/C20H23N5O2/c1-5-21-13-16-12-17(23-25(16)7-1)20-22-6-8-24(20)14-15-3-4-18-19(11-15)27-10-2-9-26-18/h3-4,6,8,11-12,21H,1-2,5,7,9-10,13-14H2. The van der Waals surface area contributed by atoms with Gasteiger partial charge in [0.1, 0.15) is 5.69 Å². The van der Waals surface area contributed by atoms with Crippen molar-refractivity contribution in [1.29, 1.82) is 0 Å². The van der Waals surface area contributed by atoms with Gasteiger partial charge in [0, 0.05) is 38.4 Å². The summed E-state index contributed by atoms with van der Waals surface area (Å²) in [6.07, 6.45) is 5.84. The second kappa shape index (κ2) is 7.08. The van der Waals surface area contributed by atoms with Crippen LogP contribution in [-0.4, -0.2) is 39.1 Å². The summed E-state index contributed by atoms with van der Waals surface area (Å²) in [4.78, 5) is 4.56. The first-order valence-electron chi connectivity index (χ1n) is 9.54. The average Bonchev–Trinajstić information content (AvgIpc) is 3.14. The van der Waals surface area contributed by atoms with Crippen LogP contribution < -0.4 is 14.8 Å². The van der Waals surface area contributed by atoms with Crippen molar-refractivity contribution in [2.75, 3.05) is 19.8 Å². The van der Waals surface area contributed by atoms with Gasteiger partial charge in [-0.3, -0.25) is 4.68 Å². The first kappa shape index (κ1) is 16.4. The molecular weight excluding hydrogens is 342 g/mol. The lowest BCUT2D eigenvalue weighted by atomic mass is 10.2. The number of aromatic nitrogens is 4. The van der Waals surface area contributed by atoms with E-state index < -0.39 is 0 Å². The van der Waals surface area contributed by atoms with Crippen molar-refractivity contribution in [3.05, 3.63) is 47.9 Å². The fraction of sp³-hybridized carbons (Fsp3) is 0.400. The Balaban J connectivity index is 1.42. The molecule has 0 saturated carbocycles. The molecule has 140 valence electrons. The first-order chi connectivity index (χ1) is 13.4. The molecule has 1 aromatic carbocycles. The minimum absolute atomic E-state index is 0.695. The minimum Gasteiger partial charge on any atom is -0.490 e. The van der Waals surface area contributed by atoms with E-state index >= 15 is 0 Å². The Morgan fingerprint density at radius 1 is 1.07 bits per heavy atom. The van der Waals surface area contributed by atoms with Crippen LogP contribution in [0, 0.1) is 0 Å². The lowest BCUT2D eigenvalue weighted by Gasteiger charge is -2.11. The zero-order valence-corrected chi connectivity index (χ0v) is 15.2. The third kappa shape index (κ3) is 3.30. The maximum absolute atomic E-state index is 5.82. The van der Waals surface area contributed by atoms with E-state index in [0.717, 1.165) is 61.1 Å². The molecule has 7 nitrogen and oxygen atoms in total. The molecule has 2 aliphatic rings. The highest BCUT2D eigenvalue weighted by atomic mass is 16.5. The van der Waals surface area contributed by atoms with Crippen molar-refractivity contribution in [2.24, 2.45) is 0 Å². The topological polar surface area (TPSA) is 66.1 Å². The van der Waals surface area contributed by atoms with E-state index in [-0.39, 0.29) is 0 Å². The lowest BCUT2D eigenvalue weighted by molar-refractivity contribution is 0.297. The summed E-state index contributed by atoms with van der Waals surface area (Å²) in [5.74, 6) is 2.54. The molecular formula is C20H23N5O2. The third-order valence-electron chi connectivity index (χ3n) is 5.00. The Labute approximate surface area is 157 Å². The Bertz CT molecular complexity index is 922. The zero-order chi connectivity index (χ0) is 18.1. The van der Waals surface area contributed by atoms with Crippen LogP contribution in [0.15, 0.2) is 36.7 Å². The SMILES string of the molecule is c1cn(Cc2ccc3c(c2)OCCCO3)c(-c2cc3n(n2)CCCNC3)n1. The van der Waals surface area contributed by atoms with Gasteiger partial charge in [-0.05, 0) is 36.7 Å². The fourth-order valence-corrected chi connectivity index (χ4v) is 3.64. The van der Waals surface area contributed by atoms with Crippen LogP contribution in [0.5, 0.6) is 11.5 Å². The summed E-state index contributed by atoms with van der Waals surface area (Å²) in [5.41, 5.74) is 3.29. The number of fused-ring (bicyclic) bond motifs is 2. The second-order valence-electron chi connectivity index (χ2n) is 6.98. The maximum Gasteiger partial charge on any atom is 0.161 e. The average molecular weight is 365 g/mol. The Morgan fingerprint density at radius 3 is 2.96 bits per heavy atom. The lowest BCUT2D eigenvalue weighted by Crippen LogP contribution is -2.11. The molecule has 27 heavy (non-hydrogen) atoms. The highest BCUT2D eigenvalue weighted by molar-refractivity contribution is 5.51. The summed E-state index contributed by atoms with van der Waals surface area (Å²) in [5, 5.41) is 8.22. The van der Waals surface area contributed by atoms with Crippen LogP contribution in [0.4, 0.5) is 0 Å². The van der Waals surface area contributed by atoms with Gasteiger partial charge in [0.15, 0.2) is 17.3 Å². The summed E-state index contributed by atoms with van der Waals surface area (Å²) in [6.45, 7) is 4.96. The largest absolute Gasteiger partial charge is 0.490 e. The summed E-state index contributed by atoms with van der Waals surface area (Å²) in [6, 6.07) is 8.29. The number of hydrogen-bond acceptors (Lipinski definition) is 5. The predicted molar refractivity (Wildman–Crippen MR) is 101 cm³/mol. The van der Waals surface area contributed by atoms with E-state index in [1.54, 1.807) is 0 Å². The van der Waals surface area contributed by atoms with E-state index in [1.807, 2.05) is 18.5 Å². The molecule has 2 aliphatic heterocycles. The highest BCUT2D eigenvalue weighted by Gasteiger charge is 2.16. The maximum atomic E-state index is 5.82. The van der Waals surface area contributed by atoms with Gasteiger partial charge in [-0.1, -0.05) is 6.07 Å². The molecule has 7 heteroatoms. The van der Waals surface area contributed by atoms with Gasteiger partial charge in [-0.15, -0.1) is 0 Å². The molecule has 0 radical (unpaired) electrons. The summed E-state index contributed by atoms with van der Waals surface area (Å²) >= 11 is 0.